The molecule has 0 saturated carbocycles. The molecule has 6 nitrogen and oxygen atoms in total. The highest BCUT2D eigenvalue weighted by Gasteiger charge is 2.24. The van der Waals surface area contributed by atoms with E-state index >= 15 is 0 Å². The highest BCUT2D eigenvalue weighted by molar-refractivity contribution is 5.98. The number of benzene rings is 1. The van der Waals surface area contributed by atoms with Crippen LogP contribution in [0.25, 0.3) is 11.1 Å². The second-order valence-electron chi connectivity index (χ2n) is 4.57. The molecule has 1 unspecified atom stereocenters. The van der Waals surface area contributed by atoms with Crippen molar-refractivity contribution in [2.24, 2.45) is 5.92 Å². The van der Waals surface area contributed by atoms with Gasteiger partial charge >= 0.3 is 5.97 Å². The number of amides is 1. The number of rotatable bonds is 4. The summed E-state index contributed by atoms with van der Waals surface area (Å²) >= 11 is 0. The van der Waals surface area contributed by atoms with Gasteiger partial charge in [-0.2, -0.15) is 0 Å². The van der Waals surface area contributed by atoms with E-state index in [-0.39, 0.29) is 5.92 Å². The van der Waals surface area contributed by atoms with Gasteiger partial charge in [0.1, 0.15) is 11.6 Å². The maximum Gasteiger partial charge on any atom is 0.326 e. The van der Waals surface area contributed by atoms with Crippen molar-refractivity contribution in [3.63, 3.8) is 0 Å². The second-order valence-corrected chi connectivity index (χ2v) is 4.57. The Labute approximate surface area is 109 Å². The minimum atomic E-state index is -1.05. The first-order chi connectivity index (χ1) is 8.99. The molecular weight excluding hydrogens is 248 g/mol. The lowest BCUT2D eigenvalue weighted by molar-refractivity contribution is -0.140. The molecule has 0 saturated heterocycles. The highest BCUT2D eigenvalue weighted by Crippen LogP contribution is 2.14. The molecule has 0 bridgehead atoms. The van der Waals surface area contributed by atoms with Crippen LogP contribution in [-0.4, -0.2) is 28.0 Å². The van der Waals surface area contributed by atoms with Crippen LogP contribution >= 0.6 is 0 Å². The molecule has 2 aromatic rings. The van der Waals surface area contributed by atoms with Gasteiger partial charge in [-0.1, -0.05) is 13.8 Å². The number of carboxylic acid groups (broad SMARTS) is 1. The van der Waals surface area contributed by atoms with Gasteiger partial charge in [0.05, 0.1) is 0 Å². The highest BCUT2D eigenvalue weighted by atomic mass is 16.4. The summed E-state index contributed by atoms with van der Waals surface area (Å²) in [5.41, 5.74) is 1.49. The third-order valence-electron chi connectivity index (χ3n) is 2.81. The number of carbonyl (C=O) groups excluding carboxylic acids is 1. The Morgan fingerprint density at radius 2 is 2.11 bits per heavy atom. The first kappa shape index (κ1) is 13.1. The summed E-state index contributed by atoms with van der Waals surface area (Å²) in [5, 5.41) is 11.5. The van der Waals surface area contributed by atoms with Gasteiger partial charge in [0.2, 0.25) is 0 Å². The van der Waals surface area contributed by atoms with Crippen LogP contribution in [0.5, 0.6) is 0 Å². The SMILES string of the molecule is CC(C)C(NC(=O)c1ccc2ocnc2c1)C(=O)O. The molecule has 0 aliphatic heterocycles. The number of oxazole rings is 1. The van der Waals surface area contributed by atoms with E-state index in [1.807, 2.05) is 0 Å². The van der Waals surface area contributed by atoms with E-state index in [9.17, 15) is 9.59 Å². The van der Waals surface area contributed by atoms with Crippen LogP contribution < -0.4 is 5.32 Å². The summed E-state index contributed by atoms with van der Waals surface area (Å²) in [5.74, 6) is -1.69. The predicted molar refractivity (Wildman–Crippen MR) is 67.7 cm³/mol. The smallest absolute Gasteiger partial charge is 0.326 e. The lowest BCUT2D eigenvalue weighted by Gasteiger charge is -2.17. The van der Waals surface area contributed by atoms with Gasteiger partial charge in [0.15, 0.2) is 12.0 Å². The molecule has 19 heavy (non-hydrogen) atoms. The second kappa shape index (κ2) is 5.09. The van der Waals surface area contributed by atoms with Crippen molar-refractivity contribution in [2.75, 3.05) is 0 Å². The first-order valence-electron chi connectivity index (χ1n) is 5.86. The summed E-state index contributed by atoms with van der Waals surface area (Å²) in [6.07, 6.45) is 1.29. The van der Waals surface area contributed by atoms with E-state index in [2.05, 4.69) is 10.3 Å². The Kier molecular flexibility index (Phi) is 3.50. The topological polar surface area (TPSA) is 92.4 Å². The van der Waals surface area contributed by atoms with Gasteiger partial charge in [0, 0.05) is 5.56 Å². The van der Waals surface area contributed by atoms with Crippen LogP contribution in [0.1, 0.15) is 24.2 Å². The van der Waals surface area contributed by atoms with Crippen LogP contribution in [-0.2, 0) is 4.79 Å². The van der Waals surface area contributed by atoms with E-state index in [1.54, 1.807) is 32.0 Å². The molecule has 2 rings (SSSR count). The van der Waals surface area contributed by atoms with E-state index in [4.69, 9.17) is 9.52 Å². The zero-order valence-corrected chi connectivity index (χ0v) is 10.6. The molecule has 2 N–H and O–H groups in total. The number of fused-ring (bicyclic) bond motifs is 1. The fraction of sp³-hybridized carbons (Fsp3) is 0.308. The number of aromatic nitrogens is 1. The minimum absolute atomic E-state index is 0.197. The van der Waals surface area contributed by atoms with Crippen molar-refractivity contribution in [2.45, 2.75) is 19.9 Å². The summed E-state index contributed by atoms with van der Waals surface area (Å²) in [7, 11) is 0. The van der Waals surface area contributed by atoms with Crippen molar-refractivity contribution < 1.29 is 19.1 Å². The lowest BCUT2D eigenvalue weighted by atomic mass is 10.0. The molecule has 1 heterocycles. The van der Waals surface area contributed by atoms with Crippen LogP contribution in [0, 0.1) is 5.92 Å². The number of hydrogen-bond donors (Lipinski definition) is 2. The summed E-state index contributed by atoms with van der Waals surface area (Å²) in [6.45, 7) is 3.47. The number of hydrogen-bond acceptors (Lipinski definition) is 4. The van der Waals surface area contributed by atoms with Crippen LogP contribution in [0.4, 0.5) is 0 Å². The van der Waals surface area contributed by atoms with Gasteiger partial charge in [0.25, 0.3) is 5.91 Å². The minimum Gasteiger partial charge on any atom is -0.480 e. The molecule has 6 heteroatoms. The summed E-state index contributed by atoms with van der Waals surface area (Å²) in [6, 6.07) is 3.85. The zero-order valence-electron chi connectivity index (χ0n) is 10.6. The van der Waals surface area contributed by atoms with Crippen molar-refractivity contribution in [3.8, 4) is 0 Å². The van der Waals surface area contributed by atoms with E-state index in [1.165, 1.54) is 6.39 Å². The maximum absolute atomic E-state index is 12.0. The van der Waals surface area contributed by atoms with Crippen LogP contribution in [0.2, 0.25) is 0 Å². The summed E-state index contributed by atoms with van der Waals surface area (Å²) in [4.78, 5) is 27.0. The standard InChI is InChI=1S/C13H14N2O4/c1-7(2)11(13(17)18)15-12(16)8-3-4-10-9(5-8)14-6-19-10/h3-7,11H,1-2H3,(H,15,16)(H,17,18). The molecule has 0 spiro atoms. The molecule has 1 amide bonds. The van der Waals surface area contributed by atoms with E-state index in [0.717, 1.165) is 0 Å². The van der Waals surface area contributed by atoms with E-state index < -0.39 is 17.9 Å². The number of aliphatic carboxylic acids is 1. The third-order valence-corrected chi connectivity index (χ3v) is 2.81. The normalized spacial score (nSPS) is 12.6. The lowest BCUT2D eigenvalue weighted by Crippen LogP contribution is -2.44. The van der Waals surface area contributed by atoms with Gasteiger partial charge in [-0.05, 0) is 24.1 Å². The molecule has 0 radical (unpaired) electrons. The van der Waals surface area contributed by atoms with Gasteiger partial charge < -0.3 is 14.8 Å². The van der Waals surface area contributed by atoms with Gasteiger partial charge in [-0.15, -0.1) is 0 Å². The molecule has 0 aliphatic carbocycles. The number of carboxylic acids is 1. The number of carbonyl (C=O) groups is 2. The van der Waals surface area contributed by atoms with Gasteiger partial charge in [-0.3, -0.25) is 4.79 Å². The molecule has 1 atom stereocenters. The fourth-order valence-corrected chi connectivity index (χ4v) is 1.74. The molecular formula is C13H14N2O4. The quantitative estimate of drug-likeness (QED) is 0.874. The van der Waals surface area contributed by atoms with E-state index in [0.29, 0.717) is 16.7 Å². The number of nitrogens with zero attached hydrogens (tertiary/aromatic N) is 1. The zero-order chi connectivity index (χ0) is 14.0. The van der Waals surface area contributed by atoms with Crippen LogP contribution in [0.15, 0.2) is 29.0 Å². The molecule has 0 fully saturated rings. The average molecular weight is 262 g/mol. The third kappa shape index (κ3) is 2.73. The monoisotopic (exact) mass is 262 g/mol. The summed E-state index contributed by atoms with van der Waals surface area (Å²) < 4.78 is 5.07. The molecule has 1 aromatic carbocycles. The number of nitrogens with one attached hydrogen (secondary N) is 1. The van der Waals surface area contributed by atoms with Gasteiger partial charge in [-0.25, -0.2) is 9.78 Å². The Hall–Kier alpha value is -2.37. The molecule has 1 aromatic heterocycles. The van der Waals surface area contributed by atoms with Crippen molar-refractivity contribution >= 4 is 23.0 Å². The Bertz CT molecular complexity index is 618. The molecule has 0 aliphatic rings. The molecule has 100 valence electrons. The average Bonchev–Trinajstić information content (AvgIpc) is 2.81. The van der Waals surface area contributed by atoms with Crippen molar-refractivity contribution in [1.82, 2.24) is 10.3 Å². The Morgan fingerprint density at radius 1 is 1.37 bits per heavy atom. The maximum atomic E-state index is 12.0. The van der Waals surface area contributed by atoms with Crippen molar-refractivity contribution in [3.05, 3.63) is 30.2 Å². The fourth-order valence-electron chi connectivity index (χ4n) is 1.74. The van der Waals surface area contributed by atoms with Crippen LogP contribution in [0.3, 0.4) is 0 Å². The largest absolute Gasteiger partial charge is 0.480 e. The Balaban J connectivity index is 2.21. The Morgan fingerprint density at radius 3 is 2.74 bits per heavy atom. The predicted octanol–water partition coefficient (Wildman–Crippen LogP) is 1.67. The van der Waals surface area contributed by atoms with Crippen molar-refractivity contribution in [1.29, 1.82) is 0 Å². The first-order valence-corrected chi connectivity index (χ1v) is 5.86.